The Morgan fingerprint density at radius 1 is 1.11 bits per heavy atom. The fourth-order valence-corrected chi connectivity index (χ4v) is 5.44. The van der Waals surface area contributed by atoms with Crippen molar-refractivity contribution in [3.05, 3.63) is 106 Å². The van der Waals surface area contributed by atoms with Gasteiger partial charge in [-0.1, -0.05) is 53.8 Å². The molecule has 0 aliphatic carbocycles. The van der Waals surface area contributed by atoms with Crippen LogP contribution in [-0.4, -0.2) is 26.7 Å². The number of nitrogens with zero attached hydrogens (tertiary/aromatic N) is 3. The number of rotatable bonds is 7. The molecule has 0 saturated carbocycles. The van der Waals surface area contributed by atoms with Crippen LogP contribution in [0.4, 0.5) is 10.8 Å². The largest absolute Gasteiger partial charge is 0.497 e. The number of primary sulfonamides is 1. The maximum Gasteiger partial charge on any atom is 0.238 e. The van der Waals surface area contributed by atoms with E-state index in [4.69, 9.17) is 14.6 Å². The number of ether oxygens (including phenoxy) is 2. The molecular formula is C27H21N5O4S2. The van der Waals surface area contributed by atoms with Crippen LogP contribution in [0.1, 0.15) is 21.9 Å². The van der Waals surface area contributed by atoms with Crippen molar-refractivity contribution in [2.75, 3.05) is 12.4 Å². The molecule has 9 nitrogen and oxygen atoms in total. The summed E-state index contributed by atoms with van der Waals surface area (Å²) >= 11 is 1.33. The zero-order valence-electron chi connectivity index (χ0n) is 20.0. The van der Waals surface area contributed by atoms with Crippen LogP contribution in [0.2, 0.25) is 0 Å². The number of sulfonamides is 1. The molecule has 0 bridgehead atoms. The van der Waals surface area contributed by atoms with Crippen molar-refractivity contribution in [2.24, 2.45) is 10.1 Å². The van der Waals surface area contributed by atoms with Gasteiger partial charge in [-0.2, -0.15) is 10.2 Å². The highest BCUT2D eigenvalue weighted by atomic mass is 32.2. The molecule has 1 aromatic heterocycles. The molecule has 2 heterocycles. The Kier molecular flexibility index (Phi) is 6.93. The Balaban J connectivity index is 1.53. The minimum Gasteiger partial charge on any atom is -0.497 e. The zero-order valence-corrected chi connectivity index (χ0v) is 21.7. The Labute approximate surface area is 223 Å². The average molecular weight is 544 g/mol. The lowest BCUT2D eigenvalue weighted by Crippen LogP contribution is -2.14. The summed E-state index contributed by atoms with van der Waals surface area (Å²) in [5.41, 5.74) is 2.67. The minimum atomic E-state index is -3.80. The van der Waals surface area contributed by atoms with E-state index in [2.05, 4.69) is 21.4 Å². The second-order valence-electron chi connectivity index (χ2n) is 8.19. The van der Waals surface area contributed by atoms with E-state index in [9.17, 15) is 13.7 Å². The lowest BCUT2D eigenvalue weighted by Gasteiger charge is -2.22. The highest BCUT2D eigenvalue weighted by Crippen LogP contribution is 2.47. The topological polar surface area (TPSA) is 140 Å². The average Bonchev–Trinajstić information content (AvgIpc) is 3.33. The first-order chi connectivity index (χ1) is 18.4. The molecular weight excluding hydrogens is 522 g/mol. The van der Waals surface area contributed by atoms with Gasteiger partial charge in [-0.25, -0.2) is 18.5 Å². The molecule has 11 heteroatoms. The third kappa shape index (κ3) is 5.28. The Hall–Kier alpha value is -4.50. The van der Waals surface area contributed by atoms with E-state index < -0.39 is 15.9 Å². The van der Waals surface area contributed by atoms with Crippen LogP contribution < -0.4 is 19.9 Å². The molecule has 0 spiro atoms. The summed E-state index contributed by atoms with van der Waals surface area (Å²) in [6.45, 7) is 0. The summed E-state index contributed by atoms with van der Waals surface area (Å²) < 4.78 is 34.5. The zero-order chi connectivity index (χ0) is 26.7. The van der Waals surface area contributed by atoms with Crippen molar-refractivity contribution in [3.8, 4) is 17.7 Å². The van der Waals surface area contributed by atoms with Crippen LogP contribution in [-0.2, 0) is 10.0 Å². The van der Waals surface area contributed by atoms with Crippen LogP contribution in [0.5, 0.6) is 11.6 Å². The summed E-state index contributed by atoms with van der Waals surface area (Å²) in [5.74, 6) is 0.730. The molecule has 0 saturated heterocycles. The minimum absolute atomic E-state index is 0.00756. The summed E-state index contributed by atoms with van der Waals surface area (Å²) in [5, 5.41) is 19.0. The molecule has 5 rings (SSSR count). The first kappa shape index (κ1) is 25.2. The van der Waals surface area contributed by atoms with Gasteiger partial charge < -0.3 is 14.8 Å². The van der Waals surface area contributed by atoms with E-state index in [0.717, 1.165) is 16.0 Å². The fraction of sp³-hybridized carbons (Fsp3) is 0.0741. The molecule has 4 aromatic rings. The van der Waals surface area contributed by atoms with Crippen molar-refractivity contribution in [2.45, 2.75) is 10.8 Å². The maximum atomic E-state index is 11.6. The van der Waals surface area contributed by atoms with Gasteiger partial charge >= 0.3 is 0 Å². The molecule has 0 radical (unpaired) electrons. The SMILES string of the molecule is COc1ccc(C2C(C#N)=C(N=Cc3ccccc3)Oc3nc(Nc4ccc(S(N)(=O)=O)cc4)sc32)cc1. The van der Waals surface area contributed by atoms with Crippen molar-refractivity contribution in [1.29, 1.82) is 5.26 Å². The Bertz CT molecular complexity index is 1670. The quantitative estimate of drug-likeness (QED) is 0.315. The molecule has 3 N–H and O–H groups in total. The number of allylic oxidation sites excluding steroid dienone is 1. The van der Waals surface area contributed by atoms with Gasteiger partial charge in [-0.3, -0.25) is 0 Å². The molecule has 190 valence electrons. The number of methoxy groups -OCH3 is 1. The third-order valence-corrected chi connectivity index (χ3v) is 7.68. The number of anilines is 2. The van der Waals surface area contributed by atoms with Gasteiger partial charge in [0, 0.05) is 11.9 Å². The Morgan fingerprint density at radius 2 is 1.82 bits per heavy atom. The fourth-order valence-electron chi connectivity index (χ4n) is 3.87. The van der Waals surface area contributed by atoms with Gasteiger partial charge in [0.2, 0.25) is 21.8 Å². The van der Waals surface area contributed by atoms with Crippen LogP contribution in [0.3, 0.4) is 0 Å². The molecule has 1 aliphatic heterocycles. The molecule has 1 atom stereocenters. The summed E-state index contributed by atoms with van der Waals surface area (Å²) in [7, 11) is -2.21. The van der Waals surface area contributed by atoms with E-state index >= 15 is 0 Å². The van der Waals surface area contributed by atoms with Crippen molar-refractivity contribution in [3.63, 3.8) is 0 Å². The van der Waals surface area contributed by atoms with Crippen molar-refractivity contribution < 1.29 is 17.9 Å². The van der Waals surface area contributed by atoms with Crippen LogP contribution >= 0.6 is 11.3 Å². The number of nitrogens with one attached hydrogen (secondary N) is 1. The van der Waals surface area contributed by atoms with Crippen LogP contribution in [0, 0.1) is 11.3 Å². The normalized spacial score (nSPS) is 15.0. The number of nitriles is 1. The van der Waals surface area contributed by atoms with Gasteiger partial charge in [-0.05, 0) is 47.5 Å². The lowest BCUT2D eigenvalue weighted by molar-refractivity contribution is 0.384. The first-order valence-electron chi connectivity index (χ1n) is 11.3. The molecule has 0 amide bonds. The number of nitrogens with two attached hydrogens (primary N) is 1. The molecule has 38 heavy (non-hydrogen) atoms. The number of fused-ring (bicyclic) bond motifs is 1. The summed E-state index contributed by atoms with van der Waals surface area (Å²) in [6.07, 6.45) is 1.64. The highest BCUT2D eigenvalue weighted by Gasteiger charge is 2.35. The van der Waals surface area contributed by atoms with Gasteiger partial charge in [0.15, 0.2) is 5.13 Å². The number of thiazole rings is 1. The van der Waals surface area contributed by atoms with Gasteiger partial charge in [0.1, 0.15) is 17.4 Å². The van der Waals surface area contributed by atoms with E-state index in [1.165, 1.54) is 23.5 Å². The van der Waals surface area contributed by atoms with Gasteiger partial charge in [0.05, 0.1) is 22.8 Å². The molecule has 3 aromatic carbocycles. The monoisotopic (exact) mass is 543 g/mol. The van der Waals surface area contributed by atoms with Gasteiger partial charge in [0.25, 0.3) is 0 Å². The molecule has 1 aliphatic rings. The number of hydrogen-bond acceptors (Lipinski definition) is 9. The van der Waals surface area contributed by atoms with E-state index in [-0.39, 0.29) is 10.8 Å². The summed E-state index contributed by atoms with van der Waals surface area (Å²) in [4.78, 5) is 9.84. The molecule has 0 fully saturated rings. The maximum absolute atomic E-state index is 11.6. The number of benzene rings is 3. The lowest BCUT2D eigenvalue weighted by atomic mass is 9.89. The number of aromatic nitrogens is 1. The third-order valence-electron chi connectivity index (χ3n) is 5.73. The van der Waals surface area contributed by atoms with Crippen molar-refractivity contribution in [1.82, 2.24) is 4.98 Å². The highest BCUT2D eigenvalue weighted by molar-refractivity contribution is 7.89. The predicted octanol–water partition coefficient (Wildman–Crippen LogP) is 4.92. The van der Waals surface area contributed by atoms with E-state index in [1.54, 1.807) is 25.5 Å². The van der Waals surface area contributed by atoms with E-state index in [1.807, 2.05) is 54.6 Å². The second kappa shape index (κ2) is 10.5. The van der Waals surface area contributed by atoms with Crippen LogP contribution in [0.25, 0.3) is 0 Å². The predicted molar refractivity (Wildman–Crippen MR) is 145 cm³/mol. The van der Waals surface area contributed by atoms with Crippen LogP contribution in [0.15, 0.2) is 100 Å². The smallest absolute Gasteiger partial charge is 0.238 e. The first-order valence-corrected chi connectivity index (χ1v) is 13.7. The summed E-state index contributed by atoms with van der Waals surface area (Å²) in [6, 6.07) is 25.3. The van der Waals surface area contributed by atoms with Gasteiger partial charge in [-0.15, -0.1) is 0 Å². The van der Waals surface area contributed by atoms with Crippen molar-refractivity contribution >= 4 is 38.4 Å². The second-order valence-corrected chi connectivity index (χ2v) is 10.8. The number of aliphatic imine (C=N–C) groups is 1. The number of hydrogen-bond donors (Lipinski definition) is 2. The molecule has 1 unspecified atom stereocenters. The van der Waals surface area contributed by atoms with E-state index in [0.29, 0.717) is 28.0 Å². The Morgan fingerprint density at radius 3 is 2.45 bits per heavy atom. The standard InChI is InChI=1S/C27H21N5O4S2/c1-35-20-11-7-18(8-12-20)23-22(15-28)25(30-16-17-5-3-2-4-6-17)36-26-24(23)37-27(32-26)31-19-9-13-21(14-10-19)38(29,33)34/h2-14,16,23H,1H3,(H,31,32)(H2,29,33,34).